The molecule has 3 heteroatoms. The van der Waals surface area contributed by atoms with Gasteiger partial charge in [0.15, 0.2) is 0 Å². The summed E-state index contributed by atoms with van der Waals surface area (Å²) in [5.74, 6) is 6.48. The van der Waals surface area contributed by atoms with Gasteiger partial charge in [-0.25, -0.2) is 4.79 Å². The summed E-state index contributed by atoms with van der Waals surface area (Å²) >= 11 is 0. The Morgan fingerprint density at radius 1 is 1.33 bits per heavy atom. The van der Waals surface area contributed by atoms with Gasteiger partial charge in [0.2, 0.25) is 0 Å². The third-order valence-corrected chi connectivity index (χ3v) is 3.27. The zero-order valence-corrected chi connectivity index (χ0v) is 14.0. The SMILES string of the molecule is CCCCCCC#CC1=CCN(C(=O)OC(C)(C)C)CC1. The van der Waals surface area contributed by atoms with Crippen LogP contribution in [0.1, 0.15) is 66.2 Å². The van der Waals surface area contributed by atoms with Crippen molar-refractivity contribution in [2.24, 2.45) is 0 Å². The molecule has 0 aromatic heterocycles. The Morgan fingerprint density at radius 3 is 2.67 bits per heavy atom. The van der Waals surface area contributed by atoms with Crippen molar-refractivity contribution in [3.63, 3.8) is 0 Å². The second-order valence-electron chi connectivity index (χ2n) is 6.52. The van der Waals surface area contributed by atoms with Crippen molar-refractivity contribution in [1.29, 1.82) is 0 Å². The quantitative estimate of drug-likeness (QED) is 0.562. The average Bonchev–Trinajstić information content (AvgIpc) is 2.41. The van der Waals surface area contributed by atoms with E-state index in [4.69, 9.17) is 4.74 Å². The molecule has 0 unspecified atom stereocenters. The number of carbonyl (C=O) groups excluding carboxylic acids is 1. The van der Waals surface area contributed by atoms with E-state index in [1.165, 1.54) is 25.7 Å². The Bertz CT molecular complexity index is 421. The van der Waals surface area contributed by atoms with Crippen LogP contribution in [0.5, 0.6) is 0 Å². The molecule has 0 aromatic carbocycles. The fourth-order valence-corrected chi connectivity index (χ4v) is 2.09. The van der Waals surface area contributed by atoms with Crippen LogP contribution in [-0.2, 0) is 4.74 Å². The molecule has 0 N–H and O–H groups in total. The molecule has 0 aromatic rings. The van der Waals surface area contributed by atoms with Crippen LogP contribution in [0.15, 0.2) is 11.6 Å². The second kappa shape index (κ2) is 8.77. The summed E-state index contributed by atoms with van der Waals surface area (Å²) in [6.07, 6.45) is 8.66. The predicted molar refractivity (Wildman–Crippen MR) is 87.0 cm³/mol. The summed E-state index contributed by atoms with van der Waals surface area (Å²) in [5, 5.41) is 0. The fourth-order valence-electron chi connectivity index (χ4n) is 2.09. The maximum atomic E-state index is 11.9. The van der Waals surface area contributed by atoms with Crippen molar-refractivity contribution in [2.75, 3.05) is 13.1 Å². The zero-order chi connectivity index (χ0) is 15.7. The number of hydrogen-bond acceptors (Lipinski definition) is 2. The van der Waals surface area contributed by atoms with Gasteiger partial charge in [-0.1, -0.05) is 44.1 Å². The molecule has 1 rings (SSSR count). The highest BCUT2D eigenvalue weighted by atomic mass is 16.6. The van der Waals surface area contributed by atoms with E-state index in [9.17, 15) is 4.79 Å². The van der Waals surface area contributed by atoms with Crippen molar-refractivity contribution in [3.05, 3.63) is 11.6 Å². The van der Waals surface area contributed by atoms with Gasteiger partial charge in [0.05, 0.1) is 0 Å². The summed E-state index contributed by atoms with van der Waals surface area (Å²) < 4.78 is 5.37. The van der Waals surface area contributed by atoms with E-state index in [0.29, 0.717) is 13.1 Å². The van der Waals surface area contributed by atoms with Crippen molar-refractivity contribution in [2.45, 2.75) is 71.8 Å². The Kier molecular flexibility index (Phi) is 7.36. The van der Waals surface area contributed by atoms with Crippen LogP contribution in [0.4, 0.5) is 4.79 Å². The first-order valence-corrected chi connectivity index (χ1v) is 8.08. The summed E-state index contributed by atoms with van der Waals surface area (Å²) in [4.78, 5) is 13.7. The lowest BCUT2D eigenvalue weighted by Gasteiger charge is -2.28. The minimum absolute atomic E-state index is 0.231. The highest BCUT2D eigenvalue weighted by Gasteiger charge is 2.23. The molecule has 1 amide bonds. The summed E-state index contributed by atoms with van der Waals surface area (Å²) in [6, 6.07) is 0. The topological polar surface area (TPSA) is 29.5 Å². The number of rotatable bonds is 4. The summed E-state index contributed by atoms with van der Waals surface area (Å²) in [7, 11) is 0. The van der Waals surface area contributed by atoms with Crippen molar-refractivity contribution in [3.8, 4) is 11.8 Å². The molecule has 118 valence electrons. The number of hydrogen-bond donors (Lipinski definition) is 0. The van der Waals surface area contributed by atoms with Crippen LogP contribution < -0.4 is 0 Å². The standard InChI is InChI=1S/C18H29NO2/c1-5-6-7-8-9-10-11-16-12-14-19(15-13-16)17(20)21-18(2,3)4/h12H,5-9,13-15H2,1-4H3. The maximum absolute atomic E-state index is 11.9. The molecule has 0 atom stereocenters. The van der Waals surface area contributed by atoms with E-state index < -0.39 is 5.60 Å². The molecule has 0 aliphatic carbocycles. The Labute approximate surface area is 129 Å². The van der Waals surface area contributed by atoms with Crippen LogP contribution in [-0.4, -0.2) is 29.7 Å². The third-order valence-electron chi connectivity index (χ3n) is 3.27. The molecule has 0 saturated carbocycles. The van der Waals surface area contributed by atoms with E-state index in [1.54, 1.807) is 4.90 Å². The fraction of sp³-hybridized carbons (Fsp3) is 0.722. The normalized spacial score (nSPS) is 15.0. The van der Waals surface area contributed by atoms with Crippen molar-refractivity contribution in [1.82, 2.24) is 4.90 Å². The smallest absolute Gasteiger partial charge is 0.410 e. The van der Waals surface area contributed by atoms with E-state index in [0.717, 1.165) is 18.4 Å². The van der Waals surface area contributed by atoms with Gasteiger partial charge in [-0.15, -0.1) is 0 Å². The first kappa shape index (κ1) is 17.6. The Hall–Kier alpha value is -1.43. The van der Waals surface area contributed by atoms with Crippen LogP contribution >= 0.6 is 0 Å². The number of amides is 1. The molecule has 3 nitrogen and oxygen atoms in total. The van der Waals surface area contributed by atoms with Gasteiger partial charge < -0.3 is 9.64 Å². The van der Waals surface area contributed by atoms with Gasteiger partial charge in [-0.3, -0.25) is 0 Å². The maximum Gasteiger partial charge on any atom is 0.410 e. The highest BCUT2D eigenvalue weighted by molar-refractivity contribution is 5.68. The number of unbranched alkanes of at least 4 members (excludes halogenated alkanes) is 4. The van der Waals surface area contributed by atoms with E-state index in [2.05, 4.69) is 18.8 Å². The van der Waals surface area contributed by atoms with Crippen LogP contribution in [0, 0.1) is 11.8 Å². The average molecular weight is 291 g/mol. The van der Waals surface area contributed by atoms with Gasteiger partial charge in [-0.05, 0) is 33.6 Å². The van der Waals surface area contributed by atoms with E-state index in [-0.39, 0.29) is 6.09 Å². The Balaban J connectivity index is 2.34. The molecule has 1 aliphatic heterocycles. The molecule has 0 radical (unpaired) electrons. The molecule has 0 bridgehead atoms. The lowest BCUT2D eigenvalue weighted by atomic mass is 10.1. The van der Waals surface area contributed by atoms with Crippen LogP contribution in [0.3, 0.4) is 0 Å². The van der Waals surface area contributed by atoms with Crippen LogP contribution in [0.25, 0.3) is 0 Å². The lowest BCUT2D eigenvalue weighted by Crippen LogP contribution is -2.39. The minimum Gasteiger partial charge on any atom is -0.444 e. The molecule has 1 heterocycles. The lowest BCUT2D eigenvalue weighted by molar-refractivity contribution is 0.0267. The number of carbonyl (C=O) groups is 1. The summed E-state index contributed by atoms with van der Waals surface area (Å²) in [5.41, 5.74) is 0.727. The van der Waals surface area contributed by atoms with Gasteiger partial charge >= 0.3 is 6.09 Å². The van der Waals surface area contributed by atoms with Crippen molar-refractivity contribution < 1.29 is 9.53 Å². The van der Waals surface area contributed by atoms with Gasteiger partial charge in [-0.2, -0.15) is 0 Å². The monoisotopic (exact) mass is 291 g/mol. The van der Waals surface area contributed by atoms with E-state index in [1.807, 2.05) is 26.8 Å². The first-order chi connectivity index (χ1) is 9.92. The Morgan fingerprint density at radius 2 is 2.10 bits per heavy atom. The molecule has 21 heavy (non-hydrogen) atoms. The van der Waals surface area contributed by atoms with Gasteiger partial charge in [0.1, 0.15) is 5.60 Å². The number of nitrogens with zero attached hydrogens (tertiary/aromatic N) is 1. The third kappa shape index (κ3) is 7.80. The highest BCUT2D eigenvalue weighted by Crippen LogP contribution is 2.15. The zero-order valence-electron chi connectivity index (χ0n) is 14.0. The molecular formula is C18H29NO2. The minimum atomic E-state index is -0.431. The molecule has 1 aliphatic rings. The van der Waals surface area contributed by atoms with Gasteiger partial charge in [0, 0.05) is 25.1 Å². The predicted octanol–water partition coefficient (Wildman–Crippen LogP) is 4.53. The van der Waals surface area contributed by atoms with Crippen LogP contribution in [0.2, 0.25) is 0 Å². The summed E-state index contributed by atoms with van der Waals surface area (Å²) in [6.45, 7) is 9.19. The molecule has 0 spiro atoms. The van der Waals surface area contributed by atoms with Gasteiger partial charge in [0.25, 0.3) is 0 Å². The second-order valence-corrected chi connectivity index (χ2v) is 6.52. The largest absolute Gasteiger partial charge is 0.444 e. The molecule has 0 fully saturated rings. The van der Waals surface area contributed by atoms with Crippen molar-refractivity contribution >= 4 is 6.09 Å². The molecular weight excluding hydrogens is 262 g/mol. The van der Waals surface area contributed by atoms with E-state index >= 15 is 0 Å². The molecule has 0 saturated heterocycles. The first-order valence-electron chi connectivity index (χ1n) is 8.08. The number of ether oxygens (including phenoxy) is 1.